The summed E-state index contributed by atoms with van der Waals surface area (Å²) in [6.07, 6.45) is 2.95. The van der Waals surface area contributed by atoms with Gasteiger partial charge in [-0.2, -0.15) is 0 Å². The predicted molar refractivity (Wildman–Crippen MR) is 82.9 cm³/mol. The fourth-order valence-electron chi connectivity index (χ4n) is 2.76. The molecule has 1 fully saturated rings. The van der Waals surface area contributed by atoms with Crippen molar-refractivity contribution >= 4 is 11.9 Å². The molecular weight excluding hydrogens is 268 g/mol. The summed E-state index contributed by atoms with van der Waals surface area (Å²) >= 11 is 0. The van der Waals surface area contributed by atoms with E-state index in [1.807, 2.05) is 44.7 Å². The Morgan fingerprint density at radius 3 is 2.62 bits per heavy atom. The SMILES string of the molecule is CCC(C)(CC(C)N1CCCC1=O)C(=O)OCCN(C)C. The monoisotopic (exact) mass is 298 g/mol. The first-order chi connectivity index (χ1) is 9.80. The summed E-state index contributed by atoms with van der Waals surface area (Å²) in [5.74, 6) is 0.0623. The molecule has 0 saturated carbocycles. The average Bonchev–Trinajstić information content (AvgIpc) is 2.84. The third-order valence-electron chi connectivity index (χ3n) is 4.43. The van der Waals surface area contributed by atoms with E-state index in [9.17, 15) is 9.59 Å². The largest absolute Gasteiger partial charge is 0.464 e. The highest BCUT2D eigenvalue weighted by Gasteiger charge is 2.37. The van der Waals surface area contributed by atoms with Crippen LogP contribution in [-0.2, 0) is 14.3 Å². The number of ether oxygens (including phenoxy) is 1. The lowest BCUT2D eigenvalue weighted by Crippen LogP contribution is -2.41. The van der Waals surface area contributed by atoms with Crippen LogP contribution in [0.4, 0.5) is 0 Å². The first kappa shape index (κ1) is 18.0. The van der Waals surface area contributed by atoms with Gasteiger partial charge in [0.1, 0.15) is 6.61 Å². The van der Waals surface area contributed by atoms with E-state index in [1.54, 1.807) is 0 Å². The molecule has 0 aromatic rings. The van der Waals surface area contributed by atoms with Gasteiger partial charge in [0.2, 0.25) is 5.91 Å². The highest BCUT2D eigenvalue weighted by Crippen LogP contribution is 2.32. The first-order valence-corrected chi connectivity index (χ1v) is 7.91. The molecule has 0 radical (unpaired) electrons. The molecule has 2 unspecified atom stereocenters. The number of carbonyl (C=O) groups excluding carboxylic acids is 2. The molecule has 5 heteroatoms. The smallest absolute Gasteiger partial charge is 0.311 e. The van der Waals surface area contributed by atoms with Crippen molar-refractivity contribution in [1.82, 2.24) is 9.80 Å². The van der Waals surface area contributed by atoms with Crippen LogP contribution < -0.4 is 0 Å². The molecule has 0 bridgehead atoms. The molecule has 21 heavy (non-hydrogen) atoms. The zero-order chi connectivity index (χ0) is 16.0. The molecule has 0 aromatic heterocycles. The maximum atomic E-state index is 12.4. The minimum Gasteiger partial charge on any atom is -0.464 e. The van der Waals surface area contributed by atoms with Crippen molar-refractivity contribution in [3.8, 4) is 0 Å². The van der Waals surface area contributed by atoms with Crippen LogP contribution in [-0.4, -0.2) is 61.5 Å². The molecule has 2 atom stereocenters. The van der Waals surface area contributed by atoms with Crippen LogP contribution in [0.1, 0.15) is 46.5 Å². The van der Waals surface area contributed by atoms with Gasteiger partial charge in [0.05, 0.1) is 5.41 Å². The highest BCUT2D eigenvalue weighted by molar-refractivity contribution is 5.79. The van der Waals surface area contributed by atoms with Crippen LogP contribution in [0.3, 0.4) is 0 Å². The van der Waals surface area contributed by atoms with Gasteiger partial charge >= 0.3 is 5.97 Å². The summed E-state index contributed by atoms with van der Waals surface area (Å²) in [7, 11) is 3.90. The van der Waals surface area contributed by atoms with Crippen molar-refractivity contribution in [3.63, 3.8) is 0 Å². The molecule has 122 valence electrons. The van der Waals surface area contributed by atoms with E-state index in [0.29, 0.717) is 19.4 Å². The van der Waals surface area contributed by atoms with Crippen LogP contribution in [0.15, 0.2) is 0 Å². The van der Waals surface area contributed by atoms with Gasteiger partial charge in [-0.15, -0.1) is 0 Å². The Morgan fingerprint density at radius 1 is 1.48 bits per heavy atom. The number of hydrogen-bond donors (Lipinski definition) is 0. The molecule has 0 aliphatic carbocycles. The van der Waals surface area contributed by atoms with E-state index >= 15 is 0 Å². The van der Waals surface area contributed by atoms with E-state index in [0.717, 1.165) is 25.9 Å². The van der Waals surface area contributed by atoms with Crippen LogP contribution in [0.25, 0.3) is 0 Å². The number of carbonyl (C=O) groups is 2. The molecule has 1 saturated heterocycles. The van der Waals surface area contributed by atoms with Gasteiger partial charge in [0.15, 0.2) is 0 Å². The molecule has 1 amide bonds. The summed E-state index contributed by atoms with van der Waals surface area (Å²) in [5.41, 5.74) is -0.519. The number of rotatable bonds is 8. The number of amides is 1. The average molecular weight is 298 g/mol. The Bertz CT molecular complexity index is 371. The molecule has 1 heterocycles. The molecule has 0 spiro atoms. The topological polar surface area (TPSA) is 49.9 Å². The molecule has 1 aliphatic rings. The molecule has 0 N–H and O–H groups in total. The van der Waals surface area contributed by atoms with E-state index in [4.69, 9.17) is 4.74 Å². The fraction of sp³-hybridized carbons (Fsp3) is 0.875. The maximum Gasteiger partial charge on any atom is 0.311 e. The van der Waals surface area contributed by atoms with Crippen molar-refractivity contribution in [1.29, 1.82) is 0 Å². The van der Waals surface area contributed by atoms with Gasteiger partial charge in [-0.1, -0.05) is 6.92 Å². The lowest BCUT2D eigenvalue weighted by Gasteiger charge is -2.33. The summed E-state index contributed by atoms with van der Waals surface area (Å²) in [5, 5.41) is 0. The number of likely N-dealkylation sites (tertiary alicyclic amines) is 1. The van der Waals surface area contributed by atoms with Crippen LogP contribution in [0.2, 0.25) is 0 Å². The van der Waals surface area contributed by atoms with Crippen LogP contribution in [0, 0.1) is 5.41 Å². The number of likely N-dealkylation sites (N-methyl/N-ethyl adjacent to an activating group) is 1. The normalized spacial score (nSPS) is 19.7. The Kier molecular flexibility index (Phi) is 6.65. The summed E-state index contributed by atoms with van der Waals surface area (Å²) in [6.45, 7) is 7.94. The van der Waals surface area contributed by atoms with Crippen LogP contribution >= 0.6 is 0 Å². The van der Waals surface area contributed by atoms with E-state index in [1.165, 1.54) is 0 Å². The minimum atomic E-state index is -0.519. The Hall–Kier alpha value is -1.10. The standard InChI is InChI=1S/C16H30N2O3/c1-6-16(3,15(20)21-11-10-17(4)5)12-13(2)18-9-7-8-14(18)19/h13H,6-12H2,1-5H3. The quantitative estimate of drug-likeness (QED) is 0.642. The number of esters is 1. The maximum absolute atomic E-state index is 12.4. The van der Waals surface area contributed by atoms with Crippen molar-refractivity contribution in [3.05, 3.63) is 0 Å². The summed E-state index contributed by atoms with van der Waals surface area (Å²) < 4.78 is 5.42. The zero-order valence-corrected chi connectivity index (χ0v) is 14.1. The summed E-state index contributed by atoms with van der Waals surface area (Å²) in [4.78, 5) is 28.1. The summed E-state index contributed by atoms with van der Waals surface area (Å²) in [6, 6.07) is 0.0892. The highest BCUT2D eigenvalue weighted by atomic mass is 16.5. The third-order valence-corrected chi connectivity index (χ3v) is 4.43. The van der Waals surface area contributed by atoms with Gasteiger partial charge in [-0.25, -0.2) is 0 Å². The Balaban J connectivity index is 2.57. The number of nitrogens with zero attached hydrogens (tertiary/aromatic N) is 2. The molecule has 1 aliphatic heterocycles. The Morgan fingerprint density at radius 2 is 2.14 bits per heavy atom. The van der Waals surface area contributed by atoms with Crippen molar-refractivity contribution < 1.29 is 14.3 Å². The molecule has 0 aromatic carbocycles. The van der Waals surface area contributed by atoms with Gasteiger partial charge < -0.3 is 14.5 Å². The molecular formula is C16H30N2O3. The van der Waals surface area contributed by atoms with E-state index in [2.05, 4.69) is 0 Å². The zero-order valence-electron chi connectivity index (χ0n) is 14.1. The number of hydrogen-bond acceptors (Lipinski definition) is 4. The van der Waals surface area contributed by atoms with E-state index in [-0.39, 0.29) is 17.9 Å². The molecule has 1 rings (SSSR count). The van der Waals surface area contributed by atoms with E-state index < -0.39 is 5.41 Å². The predicted octanol–water partition coefficient (Wildman–Crippen LogP) is 1.91. The van der Waals surface area contributed by atoms with Crippen molar-refractivity contribution in [2.24, 2.45) is 5.41 Å². The van der Waals surface area contributed by atoms with Crippen molar-refractivity contribution in [2.45, 2.75) is 52.5 Å². The lowest BCUT2D eigenvalue weighted by molar-refractivity contribution is -0.157. The lowest BCUT2D eigenvalue weighted by atomic mass is 9.81. The third kappa shape index (κ3) is 4.99. The van der Waals surface area contributed by atoms with Crippen LogP contribution in [0.5, 0.6) is 0 Å². The van der Waals surface area contributed by atoms with Gasteiger partial charge in [-0.05, 0) is 47.2 Å². The second kappa shape index (κ2) is 7.78. The second-order valence-electron chi connectivity index (χ2n) is 6.60. The molecule has 5 nitrogen and oxygen atoms in total. The minimum absolute atomic E-state index is 0.0892. The van der Waals surface area contributed by atoms with Gasteiger partial charge in [-0.3, -0.25) is 9.59 Å². The fourth-order valence-corrected chi connectivity index (χ4v) is 2.76. The van der Waals surface area contributed by atoms with Gasteiger partial charge in [0.25, 0.3) is 0 Å². The van der Waals surface area contributed by atoms with Crippen molar-refractivity contribution in [2.75, 3.05) is 33.8 Å². The Labute approximate surface area is 128 Å². The first-order valence-electron chi connectivity index (χ1n) is 7.91. The van der Waals surface area contributed by atoms with Gasteiger partial charge in [0, 0.05) is 25.6 Å². The second-order valence-corrected chi connectivity index (χ2v) is 6.60.